The number of hydrogen-bond donors (Lipinski definition) is 1. The van der Waals surface area contributed by atoms with Crippen LogP contribution >= 0.6 is 27.5 Å². The van der Waals surface area contributed by atoms with Crippen LogP contribution in [-0.2, 0) is 10.9 Å². The van der Waals surface area contributed by atoms with Crippen molar-refractivity contribution in [2.75, 3.05) is 12.8 Å². The molecule has 0 fully saturated rings. The summed E-state index contributed by atoms with van der Waals surface area (Å²) in [4.78, 5) is 11.9. The number of aromatic nitrogens is 1. The standard InChI is InChI=1S/C14H8BrClF3N3O2/c1-24-13(23)12-10(21)6(4-20)5-22(12)11-8(14(17,18)19)2-7(15)3-9(11)16/h2-3,5H,21H2,1H3. The van der Waals surface area contributed by atoms with E-state index in [1.807, 2.05) is 0 Å². The molecule has 0 unspecified atom stereocenters. The highest BCUT2D eigenvalue weighted by molar-refractivity contribution is 9.10. The van der Waals surface area contributed by atoms with Gasteiger partial charge in [-0.2, -0.15) is 18.4 Å². The van der Waals surface area contributed by atoms with Gasteiger partial charge in [-0.05, 0) is 12.1 Å². The van der Waals surface area contributed by atoms with E-state index in [9.17, 15) is 18.0 Å². The molecule has 0 spiro atoms. The van der Waals surface area contributed by atoms with Gasteiger partial charge >= 0.3 is 12.1 Å². The first-order valence-corrected chi connectivity index (χ1v) is 7.34. The third-order valence-electron chi connectivity index (χ3n) is 3.12. The number of carbonyl (C=O) groups is 1. The van der Waals surface area contributed by atoms with Gasteiger partial charge in [0.2, 0.25) is 0 Å². The monoisotopic (exact) mass is 421 g/mol. The lowest BCUT2D eigenvalue weighted by molar-refractivity contribution is -0.137. The highest BCUT2D eigenvalue weighted by atomic mass is 79.9. The fraction of sp³-hybridized carbons (Fsp3) is 0.143. The summed E-state index contributed by atoms with van der Waals surface area (Å²) in [5.74, 6) is -0.999. The predicted molar refractivity (Wildman–Crippen MR) is 83.9 cm³/mol. The number of nitrogens with zero attached hydrogens (tertiary/aromatic N) is 2. The molecular weight excluding hydrogens is 415 g/mol. The summed E-state index contributed by atoms with van der Waals surface area (Å²) in [6, 6.07) is 3.75. The van der Waals surface area contributed by atoms with Crippen molar-refractivity contribution in [3.05, 3.63) is 44.6 Å². The summed E-state index contributed by atoms with van der Waals surface area (Å²) in [5.41, 5.74) is 3.17. The fourth-order valence-electron chi connectivity index (χ4n) is 2.12. The first-order chi connectivity index (χ1) is 11.1. The van der Waals surface area contributed by atoms with Crippen LogP contribution in [0, 0.1) is 11.3 Å². The third-order valence-corrected chi connectivity index (χ3v) is 3.86. The van der Waals surface area contributed by atoms with Gasteiger partial charge in [0.15, 0.2) is 5.69 Å². The number of ether oxygens (including phenoxy) is 1. The lowest BCUT2D eigenvalue weighted by atomic mass is 10.1. The number of halogens is 5. The molecule has 1 aromatic carbocycles. The maximum absolute atomic E-state index is 13.4. The maximum atomic E-state index is 13.4. The Morgan fingerprint density at radius 2 is 2.08 bits per heavy atom. The minimum Gasteiger partial charge on any atom is -0.464 e. The highest BCUT2D eigenvalue weighted by Gasteiger charge is 2.37. The van der Waals surface area contributed by atoms with Crippen molar-refractivity contribution in [1.29, 1.82) is 5.26 Å². The average molecular weight is 423 g/mol. The molecule has 0 bridgehead atoms. The zero-order valence-electron chi connectivity index (χ0n) is 11.9. The van der Waals surface area contributed by atoms with E-state index in [4.69, 9.17) is 22.6 Å². The Kier molecular flexibility index (Phi) is 4.82. The van der Waals surface area contributed by atoms with Crippen molar-refractivity contribution in [1.82, 2.24) is 4.57 Å². The zero-order chi connectivity index (χ0) is 18.2. The summed E-state index contributed by atoms with van der Waals surface area (Å²) < 4.78 is 45.6. The average Bonchev–Trinajstić information content (AvgIpc) is 2.81. The Bertz CT molecular complexity index is 872. The number of carbonyl (C=O) groups excluding carboxylic acids is 1. The van der Waals surface area contributed by atoms with Crippen molar-refractivity contribution in [3.63, 3.8) is 0 Å². The topological polar surface area (TPSA) is 81.0 Å². The summed E-state index contributed by atoms with van der Waals surface area (Å²) in [5, 5.41) is 8.75. The summed E-state index contributed by atoms with van der Waals surface area (Å²) in [6.07, 6.45) is -3.76. The lowest BCUT2D eigenvalue weighted by Crippen LogP contribution is -2.16. The summed E-state index contributed by atoms with van der Waals surface area (Å²) >= 11 is 8.92. The van der Waals surface area contributed by atoms with Gasteiger partial charge in [-0.1, -0.05) is 27.5 Å². The summed E-state index contributed by atoms with van der Waals surface area (Å²) in [6.45, 7) is 0. The quantitative estimate of drug-likeness (QED) is 0.737. The van der Waals surface area contributed by atoms with Gasteiger partial charge in [0, 0.05) is 10.7 Å². The van der Waals surface area contributed by atoms with Gasteiger partial charge in [0.1, 0.15) is 6.07 Å². The van der Waals surface area contributed by atoms with E-state index in [1.165, 1.54) is 6.07 Å². The van der Waals surface area contributed by atoms with E-state index in [-0.39, 0.29) is 20.7 Å². The van der Waals surface area contributed by atoms with Crippen molar-refractivity contribution >= 4 is 39.2 Å². The largest absolute Gasteiger partial charge is 0.464 e. The molecule has 0 atom stereocenters. The van der Waals surface area contributed by atoms with E-state index in [2.05, 4.69) is 20.7 Å². The Morgan fingerprint density at radius 1 is 1.46 bits per heavy atom. The minimum absolute atomic E-state index is 0.101. The molecule has 2 N–H and O–H groups in total. The molecule has 0 amide bonds. The number of alkyl halides is 3. The van der Waals surface area contributed by atoms with Crippen molar-refractivity contribution in [2.45, 2.75) is 6.18 Å². The Balaban J connectivity index is 2.93. The Labute approximate surface area is 147 Å². The molecular formula is C14H8BrClF3N3O2. The molecule has 0 aliphatic carbocycles. The van der Waals surface area contributed by atoms with E-state index >= 15 is 0 Å². The van der Waals surface area contributed by atoms with Crippen LogP contribution in [0.4, 0.5) is 18.9 Å². The second kappa shape index (κ2) is 6.37. The van der Waals surface area contributed by atoms with Crippen LogP contribution < -0.4 is 5.73 Å². The normalized spacial score (nSPS) is 11.2. The van der Waals surface area contributed by atoms with Gasteiger partial charge in [-0.15, -0.1) is 0 Å². The van der Waals surface area contributed by atoms with E-state index < -0.39 is 29.1 Å². The number of methoxy groups -OCH3 is 1. The smallest absolute Gasteiger partial charge is 0.418 e. The summed E-state index contributed by atoms with van der Waals surface area (Å²) in [7, 11) is 1.04. The van der Waals surface area contributed by atoms with Crippen LogP contribution in [-0.4, -0.2) is 17.6 Å². The second-order valence-electron chi connectivity index (χ2n) is 4.56. The molecule has 0 saturated heterocycles. The zero-order valence-corrected chi connectivity index (χ0v) is 14.3. The molecule has 24 heavy (non-hydrogen) atoms. The highest BCUT2D eigenvalue weighted by Crippen LogP contribution is 2.41. The molecule has 10 heteroatoms. The van der Waals surface area contributed by atoms with Crippen LogP contribution in [0.1, 0.15) is 21.6 Å². The number of hydrogen-bond acceptors (Lipinski definition) is 4. The molecule has 2 aromatic rings. The second-order valence-corrected chi connectivity index (χ2v) is 5.88. The molecule has 0 aliphatic rings. The minimum atomic E-state index is -4.76. The lowest BCUT2D eigenvalue weighted by Gasteiger charge is -2.17. The van der Waals surface area contributed by atoms with Gasteiger partial charge < -0.3 is 15.0 Å². The first kappa shape index (κ1) is 18.2. The number of nitrogens with two attached hydrogens (primary N) is 1. The fourth-order valence-corrected chi connectivity index (χ4v) is 3.02. The van der Waals surface area contributed by atoms with Crippen LogP contribution in [0.25, 0.3) is 5.69 Å². The van der Waals surface area contributed by atoms with Crippen molar-refractivity contribution in [2.24, 2.45) is 0 Å². The third kappa shape index (κ3) is 3.07. The van der Waals surface area contributed by atoms with Crippen LogP contribution in [0.2, 0.25) is 5.02 Å². The number of benzene rings is 1. The van der Waals surface area contributed by atoms with Gasteiger partial charge in [-0.3, -0.25) is 0 Å². The van der Waals surface area contributed by atoms with Crippen molar-refractivity contribution < 1.29 is 22.7 Å². The van der Waals surface area contributed by atoms with E-state index in [1.54, 1.807) is 6.07 Å². The maximum Gasteiger partial charge on any atom is 0.418 e. The molecule has 1 aromatic heterocycles. The number of anilines is 1. The molecule has 5 nitrogen and oxygen atoms in total. The molecule has 0 aliphatic heterocycles. The van der Waals surface area contributed by atoms with Crippen molar-refractivity contribution in [3.8, 4) is 11.8 Å². The number of nitrogen functional groups attached to an aromatic ring is 1. The predicted octanol–water partition coefficient (Wildman–Crippen LogP) is 4.15. The van der Waals surface area contributed by atoms with E-state index in [0.29, 0.717) is 0 Å². The van der Waals surface area contributed by atoms with E-state index in [0.717, 1.165) is 23.9 Å². The van der Waals surface area contributed by atoms with Gasteiger partial charge in [-0.25, -0.2) is 4.79 Å². The SMILES string of the molecule is COC(=O)c1c(N)c(C#N)cn1-c1c(Cl)cc(Br)cc1C(F)(F)F. The first-order valence-electron chi connectivity index (χ1n) is 6.17. The molecule has 0 radical (unpaired) electrons. The van der Waals surface area contributed by atoms with Crippen LogP contribution in [0.15, 0.2) is 22.8 Å². The van der Waals surface area contributed by atoms with Crippen LogP contribution in [0.5, 0.6) is 0 Å². The molecule has 0 saturated carbocycles. The molecule has 2 rings (SSSR count). The number of esters is 1. The Morgan fingerprint density at radius 3 is 2.58 bits per heavy atom. The molecule has 1 heterocycles. The van der Waals surface area contributed by atoms with Gasteiger partial charge in [0.05, 0.1) is 34.6 Å². The number of nitriles is 1. The van der Waals surface area contributed by atoms with Crippen LogP contribution in [0.3, 0.4) is 0 Å². The van der Waals surface area contributed by atoms with Gasteiger partial charge in [0.25, 0.3) is 0 Å². The number of rotatable bonds is 2. The Hall–Kier alpha value is -2.18. The molecule has 126 valence electrons.